The summed E-state index contributed by atoms with van der Waals surface area (Å²) in [5, 5.41) is 19.5. The van der Waals surface area contributed by atoms with Crippen molar-refractivity contribution in [2.24, 2.45) is 0 Å². The molecule has 0 saturated carbocycles. The standard InChI is InChI=1S/C5H6NO2/c7-4-2-1-3-5(8)6-4/h1-3,6-8H. The Morgan fingerprint density at radius 3 is 2.50 bits per heavy atom. The highest BCUT2D eigenvalue weighted by atomic mass is 16.3. The first-order valence-electron chi connectivity index (χ1n) is 2.19. The van der Waals surface area contributed by atoms with Gasteiger partial charge in [-0.1, -0.05) is 6.08 Å². The smallest absolute Gasteiger partial charge is 0.210 e. The number of nitrogens with one attached hydrogen (secondary N) is 1. The third-order valence-electron chi connectivity index (χ3n) is 0.764. The van der Waals surface area contributed by atoms with Gasteiger partial charge in [-0.15, -0.1) is 0 Å². The topological polar surface area (TPSA) is 52.5 Å². The van der Waals surface area contributed by atoms with Crippen LogP contribution in [0.4, 0.5) is 0 Å². The molecule has 1 heterocycles. The van der Waals surface area contributed by atoms with Crippen LogP contribution >= 0.6 is 0 Å². The molecular weight excluding hydrogens is 106 g/mol. The SMILES string of the molecule is O[C]1C=CC=C(O)N1. The predicted octanol–water partition coefficient (Wildman–Crippen LogP) is 0.407. The minimum atomic E-state index is -0.0370. The largest absolute Gasteiger partial charge is 0.495 e. The number of hydrogen-bond acceptors (Lipinski definition) is 3. The fourth-order valence-electron chi connectivity index (χ4n) is 0.445. The Morgan fingerprint density at radius 2 is 2.12 bits per heavy atom. The summed E-state index contributed by atoms with van der Waals surface area (Å²) >= 11 is 0. The van der Waals surface area contributed by atoms with E-state index >= 15 is 0 Å². The lowest BCUT2D eigenvalue weighted by Crippen LogP contribution is -2.19. The Kier molecular flexibility index (Phi) is 1.22. The van der Waals surface area contributed by atoms with Gasteiger partial charge in [0.25, 0.3) is 0 Å². The maximum Gasteiger partial charge on any atom is 0.210 e. The van der Waals surface area contributed by atoms with Crippen LogP contribution in [0.5, 0.6) is 0 Å². The number of dihydropyridines is 1. The number of hydrogen-bond donors (Lipinski definition) is 3. The summed E-state index contributed by atoms with van der Waals surface area (Å²) in [5.41, 5.74) is 0. The van der Waals surface area contributed by atoms with E-state index in [1.165, 1.54) is 12.2 Å². The summed E-state index contributed by atoms with van der Waals surface area (Å²) in [6, 6.07) is 0. The molecule has 1 radical (unpaired) electrons. The lowest BCUT2D eigenvalue weighted by molar-refractivity contribution is 0.260. The van der Waals surface area contributed by atoms with Gasteiger partial charge >= 0.3 is 0 Å². The minimum Gasteiger partial charge on any atom is -0.495 e. The number of rotatable bonds is 0. The van der Waals surface area contributed by atoms with Crippen molar-refractivity contribution in [3.8, 4) is 0 Å². The average molecular weight is 112 g/mol. The summed E-state index contributed by atoms with van der Waals surface area (Å²) in [6.07, 6.45) is 4.39. The van der Waals surface area contributed by atoms with Crippen molar-refractivity contribution in [1.82, 2.24) is 5.32 Å². The lowest BCUT2D eigenvalue weighted by Gasteiger charge is -2.08. The van der Waals surface area contributed by atoms with Crippen molar-refractivity contribution in [3.05, 3.63) is 30.3 Å². The molecule has 43 valence electrons. The second-order valence-corrected chi connectivity index (χ2v) is 1.42. The molecule has 1 aliphatic heterocycles. The van der Waals surface area contributed by atoms with E-state index in [9.17, 15) is 0 Å². The average Bonchev–Trinajstić information content (AvgIpc) is 1.64. The van der Waals surface area contributed by atoms with Crippen molar-refractivity contribution in [3.63, 3.8) is 0 Å². The molecule has 0 fully saturated rings. The van der Waals surface area contributed by atoms with Gasteiger partial charge in [-0.2, -0.15) is 0 Å². The molecule has 0 unspecified atom stereocenters. The Labute approximate surface area is 47.0 Å². The fourth-order valence-corrected chi connectivity index (χ4v) is 0.445. The summed E-state index contributed by atoms with van der Waals surface area (Å²) < 4.78 is 0. The second-order valence-electron chi connectivity index (χ2n) is 1.42. The molecule has 0 bridgehead atoms. The molecule has 0 saturated heterocycles. The highest BCUT2D eigenvalue weighted by Crippen LogP contribution is 2.00. The van der Waals surface area contributed by atoms with Gasteiger partial charge in [0, 0.05) is 0 Å². The van der Waals surface area contributed by atoms with Crippen LogP contribution in [0.3, 0.4) is 0 Å². The zero-order valence-corrected chi connectivity index (χ0v) is 4.13. The van der Waals surface area contributed by atoms with Crippen LogP contribution in [-0.4, -0.2) is 10.2 Å². The predicted molar refractivity (Wildman–Crippen MR) is 28.2 cm³/mol. The molecule has 3 N–H and O–H groups in total. The van der Waals surface area contributed by atoms with E-state index in [1.807, 2.05) is 0 Å². The minimum absolute atomic E-state index is 0.0370. The lowest BCUT2D eigenvalue weighted by atomic mass is 10.3. The van der Waals surface area contributed by atoms with Crippen LogP contribution in [0.15, 0.2) is 24.1 Å². The molecule has 0 aromatic rings. The van der Waals surface area contributed by atoms with Crippen LogP contribution in [0.25, 0.3) is 0 Å². The summed E-state index contributed by atoms with van der Waals surface area (Å²) in [7, 11) is 0. The first-order chi connectivity index (χ1) is 3.79. The number of aliphatic hydroxyl groups excluding tert-OH is 2. The van der Waals surface area contributed by atoms with Gasteiger partial charge in [-0.3, -0.25) is 0 Å². The highest BCUT2D eigenvalue weighted by Gasteiger charge is 2.03. The Bertz CT molecular complexity index is 139. The summed E-state index contributed by atoms with van der Waals surface area (Å²) in [4.78, 5) is 0. The van der Waals surface area contributed by atoms with Gasteiger partial charge in [0.05, 0.1) is 0 Å². The van der Waals surface area contributed by atoms with Crippen molar-refractivity contribution in [1.29, 1.82) is 0 Å². The molecule has 3 nitrogen and oxygen atoms in total. The van der Waals surface area contributed by atoms with Gasteiger partial charge < -0.3 is 15.5 Å². The number of aliphatic hydroxyl groups is 2. The normalized spacial score (nSPS) is 19.9. The first-order valence-corrected chi connectivity index (χ1v) is 2.19. The summed E-state index contributed by atoms with van der Waals surface area (Å²) in [5.74, 6) is -0.0370. The molecule has 8 heavy (non-hydrogen) atoms. The molecule has 0 spiro atoms. The van der Waals surface area contributed by atoms with Crippen molar-refractivity contribution in [2.45, 2.75) is 0 Å². The quantitative estimate of drug-likeness (QED) is 0.425. The maximum absolute atomic E-state index is 8.60. The fraction of sp³-hybridized carbons (Fsp3) is 0. The van der Waals surface area contributed by atoms with E-state index in [2.05, 4.69) is 5.32 Å². The van der Waals surface area contributed by atoms with Gasteiger partial charge in [0.1, 0.15) is 0 Å². The second kappa shape index (κ2) is 1.88. The van der Waals surface area contributed by atoms with E-state index < -0.39 is 0 Å². The Hall–Kier alpha value is -0.960. The van der Waals surface area contributed by atoms with Gasteiger partial charge in [0.15, 0.2) is 5.88 Å². The molecule has 1 aliphatic rings. The monoisotopic (exact) mass is 112 g/mol. The number of allylic oxidation sites excluding steroid dienone is 2. The Balaban J connectivity index is 2.59. The van der Waals surface area contributed by atoms with Gasteiger partial charge in [0.2, 0.25) is 6.23 Å². The van der Waals surface area contributed by atoms with Crippen molar-refractivity contribution in [2.75, 3.05) is 0 Å². The van der Waals surface area contributed by atoms with Crippen molar-refractivity contribution < 1.29 is 10.2 Å². The van der Waals surface area contributed by atoms with E-state index in [0.29, 0.717) is 0 Å². The van der Waals surface area contributed by atoms with Crippen LogP contribution < -0.4 is 5.32 Å². The van der Waals surface area contributed by atoms with Crippen LogP contribution in [0.1, 0.15) is 0 Å². The molecule has 0 aromatic carbocycles. The van der Waals surface area contributed by atoms with Crippen molar-refractivity contribution >= 4 is 0 Å². The third-order valence-corrected chi connectivity index (χ3v) is 0.764. The zero-order chi connectivity index (χ0) is 5.98. The zero-order valence-electron chi connectivity index (χ0n) is 4.13. The van der Waals surface area contributed by atoms with Gasteiger partial charge in [-0.25, -0.2) is 0 Å². The summed E-state index contributed by atoms with van der Waals surface area (Å²) in [6.45, 7) is 0. The van der Waals surface area contributed by atoms with Crippen LogP contribution in [0, 0.1) is 6.23 Å². The van der Waals surface area contributed by atoms with Crippen LogP contribution in [-0.2, 0) is 0 Å². The van der Waals surface area contributed by atoms with E-state index in [0.717, 1.165) is 0 Å². The first kappa shape index (κ1) is 5.18. The molecule has 0 aliphatic carbocycles. The van der Waals surface area contributed by atoms with E-state index in [-0.39, 0.29) is 12.1 Å². The van der Waals surface area contributed by atoms with Gasteiger partial charge in [-0.05, 0) is 12.2 Å². The van der Waals surface area contributed by atoms with E-state index in [4.69, 9.17) is 10.2 Å². The van der Waals surface area contributed by atoms with E-state index in [1.54, 1.807) is 6.08 Å². The molecule has 0 aromatic heterocycles. The highest BCUT2D eigenvalue weighted by molar-refractivity contribution is 5.19. The third kappa shape index (κ3) is 1.01. The molecule has 0 amide bonds. The van der Waals surface area contributed by atoms with Crippen LogP contribution in [0.2, 0.25) is 0 Å². The Morgan fingerprint density at radius 1 is 1.38 bits per heavy atom. The maximum atomic E-state index is 8.60. The molecular formula is C5H6NO2. The molecule has 3 heteroatoms. The molecule has 1 rings (SSSR count). The molecule has 0 atom stereocenters.